The van der Waals surface area contributed by atoms with Crippen molar-refractivity contribution in [1.82, 2.24) is 4.90 Å². The van der Waals surface area contributed by atoms with Gasteiger partial charge in [0, 0.05) is 17.3 Å². The molecular weight excluding hydrogens is 294 g/mol. The Morgan fingerprint density at radius 3 is 2.39 bits per heavy atom. The minimum absolute atomic E-state index is 0.0729. The van der Waals surface area contributed by atoms with Gasteiger partial charge < -0.3 is 0 Å². The Bertz CT molecular complexity index is 476. The van der Waals surface area contributed by atoms with E-state index in [1.165, 1.54) is 4.90 Å². The molecule has 1 aliphatic rings. The summed E-state index contributed by atoms with van der Waals surface area (Å²) in [5.41, 5.74) is 0.757. The second-order valence-electron chi connectivity index (χ2n) is 5.52. The molecule has 0 spiro atoms. The number of amides is 2. The third-order valence-corrected chi connectivity index (χ3v) is 3.58. The smallest absolute Gasteiger partial charge is 0.230 e. The highest BCUT2D eigenvalue weighted by atomic mass is 79.9. The van der Waals surface area contributed by atoms with Gasteiger partial charge in [-0.05, 0) is 23.1 Å². The first-order valence-electron chi connectivity index (χ1n) is 5.95. The lowest BCUT2D eigenvalue weighted by Gasteiger charge is -2.34. The largest absolute Gasteiger partial charge is 0.278 e. The Balaban J connectivity index is 2.15. The maximum absolute atomic E-state index is 12.0. The van der Waals surface area contributed by atoms with Gasteiger partial charge in [0.1, 0.15) is 0 Å². The molecule has 18 heavy (non-hydrogen) atoms. The Labute approximate surface area is 115 Å². The zero-order valence-corrected chi connectivity index (χ0v) is 12.2. The Kier molecular flexibility index (Phi) is 3.57. The molecule has 1 aliphatic heterocycles. The molecule has 0 saturated carbocycles. The van der Waals surface area contributed by atoms with Gasteiger partial charge in [0.05, 0.1) is 6.54 Å². The molecule has 0 atom stereocenters. The molecule has 2 amide bonds. The van der Waals surface area contributed by atoms with Crippen molar-refractivity contribution in [3.05, 3.63) is 34.3 Å². The van der Waals surface area contributed by atoms with Crippen molar-refractivity contribution < 1.29 is 9.59 Å². The number of rotatable bonds is 2. The zero-order valence-electron chi connectivity index (χ0n) is 10.6. The molecule has 0 unspecified atom stereocenters. The summed E-state index contributed by atoms with van der Waals surface area (Å²) in [7, 11) is 0. The summed E-state index contributed by atoms with van der Waals surface area (Å²) in [6.45, 7) is 4.28. The minimum atomic E-state index is -0.206. The molecule has 4 heteroatoms. The van der Waals surface area contributed by atoms with E-state index >= 15 is 0 Å². The van der Waals surface area contributed by atoms with Crippen molar-refractivity contribution in [1.29, 1.82) is 0 Å². The highest BCUT2D eigenvalue weighted by Gasteiger charge is 2.37. The fraction of sp³-hybridized carbons (Fsp3) is 0.429. The standard InChI is InChI=1S/C14H16BrNO2/c1-14(2)7-12(17)16(13(18)8-14)9-10-4-3-5-11(15)6-10/h3-6H,7-9H2,1-2H3. The quantitative estimate of drug-likeness (QED) is 0.787. The van der Waals surface area contributed by atoms with E-state index in [4.69, 9.17) is 0 Å². The molecule has 1 aromatic rings. The first-order chi connectivity index (χ1) is 8.37. The zero-order chi connectivity index (χ0) is 13.3. The number of halogens is 1. The predicted molar refractivity (Wildman–Crippen MR) is 72.7 cm³/mol. The fourth-order valence-electron chi connectivity index (χ4n) is 2.21. The van der Waals surface area contributed by atoms with Crippen LogP contribution in [0.5, 0.6) is 0 Å². The number of piperidine rings is 1. The maximum atomic E-state index is 12.0. The van der Waals surface area contributed by atoms with Crippen molar-refractivity contribution in [3.63, 3.8) is 0 Å². The number of imide groups is 1. The van der Waals surface area contributed by atoms with Crippen molar-refractivity contribution in [3.8, 4) is 0 Å². The van der Waals surface area contributed by atoms with Crippen LogP contribution in [0.3, 0.4) is 0 Å². The summed E-state index contributed by atoms with van der Waals surface area (Å²) in [5, 5.41) is 0. The van der Waals surface area contributed by atoms with Crippen LogP contribution in [0, 0.1) is 5.41 Å². The van der Waals surface area contributed by atoms with Crippen molar-refractivity contribution >= 4 is 27.7 Å². The molecule has 1 aromatic carbocycles. The van der Waals surface area contributed by atoms with Gasteiger partial charge in [0.2, 0.25) is 11.8 Å². The molecule has 1 heterocycles. The number of nitrogens with zero attached hydrogens (tertiary/aromatic N) is 1. The molecule has 1 saturated heterocycles. The van der Waals surface area contributed by atoms with E-state index in [9.17, 15) is 9.59 Å². The second-order valence-corrected chi connectivity index (χ2v) is 6.44. The molecule has 0 aliphatic carbocycles. The van der Waals surface area contributed by atoms with Crippen molar-refractivity contribution in [2.24, 2.45) is 5.41 Å². The topological polar surface area (TPSA) is 37.4 Å². The Morgan fingerprint density at radius 1 is 1.22 bits per heavy atom. The molecule has 1 fully saturated rings. The number of likely N-dealkylation sites (tertiary alicyclic amines) is 1. The number of hydrogen-bond donors (Lipinski definition) is 0. The van der Waals surface area contributed by atoms with Crippen LogP contribution in [0.2, 0.25) is 0 Å². The first-order valence-corrected chi connectivity index (χ1v) is 6.74. The highest BCUT2D eigenvalue weighted by molar-refractivity contribution is 9.10. The van der Waals surface area contributed by atoms with Gasteiger partial charge in [0.15, 0.2) is 0 Å². The van der Waals surface area contributed by atoms with Gasteiger partial charge in [-0.1, -0.05) is 41.9 Å². The number of benzene rings is 1. The summed E-state index contributed by atoms with van der Waals surface area (Å²) < 4.78 is 0.956. The molecule has 96 valence electrons. The van der Waals surface area contributed by atoms with Crippen LogP contribution in [0.15, 0.2) is 28.7 Å². The summed E-state index contributed by atoms with van der Waals surface area (Å²) in [4.78, 5) is 25.4. The van der Waals surface area contributed by atoms with E-state index in [2.05, 4.69) is 15.9 Å². The molecule has 2 rings (SSSR count). The van der Waals surface area contributed by atoms with E-state index in [-0.39, 0.29) is 17.2 Å². The van der Waals surface area contributed by atoms with Gasteiger partial charge in [-0.15, -0.1) is 0 Å². The summed E-state index contributed by atoms with van der Waals surface area (Å²) >= 11 is 3.39. The first kappa shape index (κ1) is 13.3. The fourth-order valence-corrected chi connectivity index (χ4v) is 2.65. The van der Waals surface area contributed by atoms with Gasteiger partial charge in [-0.25, -0.2) is 0 Å². The van der Waals surface area contributed by atoms with E-state index < -0.39 is 0 Å². The van der Waals surface area contributed by atoms with Gasteiger partial charge in [-0.2, -0.15) is 0 Å². The SMILES string of the molecule is CC1(C)CC(=O)N(Cc2cccc(Br)c2)C(=O)C1. The summed E-state index contributed by atoms with van der Waals surface area (Å²) in [6, 6.07) is 7.68. The minimum Gasteiger partial charge on any atom is -0.278 e. The Morgan fingerprint density at radius 2 is 1.83 bits per heavy atom. The number of hydrogen-bond acceptors (Lipinski definition) is 2. The summed E-state index contributed by atoms with van der Waals surface area (Å²) in [5.74, 6) is -0.146. The average Bonchev–Trinajstić information content (AvgIpc) is 2.22. The van der Waals surface area contributed by atoms with Crippen LogP contribution in [0.1, 0.15) is 32.3 Å². The molecular formula is C14H16BrNO2. The van der Waals surface area contributed by atoms with Gasteiger partial charge >= 0.3 is 0 Å². The van der Waals surface area contributed by atoms with Crippen molar-refractivity contribution in [2.45, 2.75) is 33.2 Å². The van der Waals surface area contributed by atoms with E-state index in [1.54, 1.807) is 0 Å². The lowest BCUT2D eigenvalue weighted by atomic mass is 9.81. The summed E-state index contributed by atoms with van der Waals surface area (Å²) in [6.07, 6.45) is 0.874. The highest BCUT2D eigenvalue weighted by Crippen LogP contribution is 2.32. The normalized spacial score (nSPS) is 19.2. The third-order valence-electron chi connectivity index (χ3n) is 3.09. The second kappa shape index (κ2) is 4.84. The van der Waals surface area contributed by atoms with Gasteiger partial charge in [-0.3, -0.25) is 14.5 Å². The molecule has 0 bridgehead atoms. The molecule has 3 nitrogen and oxygen atoms in total. The van der Waals surface area contributed by atoms with Crippen LogP contribution in [-0.2, 0) is 16.1 Å². The average molecular weight is 310 g/mol. The van der Waals surface area contributed by atoms with Crippen LogP contribution in [-0.4, -0.2) is 16.7 Å². The third kappa shape index (κ3) is 2.99. The maximum Gasteiger partial charge on any atom is 0.230 e. The van der Waals surface area contributed by atoms with Crippen molar-refractivity contribution in [2.75, 3.05) is 0 Å². The lowest BCUT2D eigenvalue weighted by Crippen LogP contribution is -2.45. The van der Waals surface area contributed by atoms with Crippen LogP contribution in [0.4, 0.5) is 0 Å². The van der Waals surface area contributed by atoms with Crippen LogP contribution < -0.4 is 0 Å². The molecule has 0 N–H and O–H groups in total. The van der Waals surface area contributed by atoms with E-state index in [0.29, 0.717) is 19.4 Å². The van der Waals surface area contributed by atoms with Gasteiger partial charge in [0.25, 0.3) is 0 Å². The number of carbonyl (C=O) groups is 2. The van der Waals surface area contributed by atoms with Crippen LogP contribution in [0.25, 0.3) is 0 Å². The monoisotopic (exact) mass is 309 g/mol. The Hall–Kier alpha value is -1.16. The molecule has 0 aromatic heterocycles. The lowest BCUT2D eigenvalue weighted by molar-refractivity contribution is -0.153. The van der Waals surface area contributed by atoms with Crippen LogP contribution >= 0.6 is 15.9 Å². The molecule has 0 radical (unpaired) electrons. The number of carbonyl (C=O) groups excluding carboxylic acids is 2. The van der Waals surface area contributed by atoms with E-state index in [1.807, 2.05) is 38.1 Å². The predicted octanol–water partition coefficient (Wildman–Crippen LogP) is 3.12. The van der Waals surface area contributed by atoms with E-state index in [0.717, 1.165) is 10.0 Å².